The van der Waals surface area contributed by atoms with Gasteiger partial charge in [0.15, 0.2) is 11.5 Å². The number of ether oxygens (including phenoxy) is 3. The van der Waals surface area contributed by atoms with Gasteiger partial charge in [-0.2, -0.15) is 0 Å². The Balaban J connectivity index is 2.05. The van der Waals surface area contributed by atoms with Crippen LogP contribution in [0.4, 0.5) is 0 Å². The van der Waals surface area contributed by atoms with Crippen molar-refractivity contribution in [2.24, 2.45) is 0 Å². The van der Waals surface area contributed by atoms with Crippen molar-refractivity contribution in [1.82, 2.24) is 10.2 Å². The predicted octanol–water partition coefficient (Wildman–Crippen LogP) is 2.27. The molecule has 0 saturated carbocycles. The fourth-order valence-corrected chi connectivity index (χ4v) is 2.71. The number of rotatable bonds is 9. The molecule has 7 heteroatoms. The van der Waals surface area contributed by atoms with Gasteiger partial charge in [-0.3, -0.25) is 9.69 Å². The Morgan fingerprint density at radius 3 is 2.27 bits per heavy atom. The molecule has 1 aromatic carbocycles. The lowest BCUT2D eigenvalue weighted by Gasteiger charge is -2.22. The van der Waals surface area contributed by atoms with Gasteiger partial charge in [-0.25, -0.2) is 0 Å². The summed E-state index contributed by atoms with van der Waals surface area (Å²) in [6.45, 7) is 0.448. The first kappa shape index (κ1) is 19.7. The van der Waals surface area contributed by atoms with Crippen LogP contribution in [-0.4, -0.2) is 52.8 Å². The molecule has 7 nitrogen and oxygen atoms in total. The fourth-order valence-electron chi connectivity index (χ4n) is 2.71. The number of hydrogen-bond donors (Lipinski definition) is 1. The van der Waals surface area contributed by atoms with Gasteiger partial charge in [0.05, 0.1) is 40.1 Å². The van der Waals surface area contributed by atoms with Crippen LogP contribution in [0.5, 0.6) is 17.2 Å². The molecule has 1 aromatic heterocycles. The highest BCUT2D eigenvalue weighted by atomic mass is 16.5. The number of carbonyl (C=O) groups excluding carboxylic acids is 1. The van der Waals surface area contributed by atoms with Crippen LogP contribution in [0.2, 0.25) is 0 Å². The molecule has 0 fully saturated rings. The number of nitrogens with one attached hydrogen (secondary N) is 1. The lowest BCUT2D eigenvalue weighted by Crippen LogP contribution is -2.35. The van der Waals surface area contributed by atoms with Crippen LogP contribution in [0.25, 0.3) is 0 Å². The van der Waals surface area contributed by atoms with Crippen molar-refractivity contribution in [2.75, 3.05) is 42.0 Å². The number of nitrogens with zero attached hydrogens (tertiary/aromatic N) is 1. The van der Waals surface area contributed by atoms with Gasteiger partial charge in [-0.1, -0.05) is 0 Å². The van der Waals surface area contributed by atoms with E-state index in [2.05, 4.69) is 5.32 Å². The molecule has 26 heavy (non-hydrogen) atoms. The van der Waals surface area contributed by atoms with Crippen LogP contribution in [0.1, 0.15) is 17.4 Å². The van der Waals surface area contributed by atoms with Crippen molar-refractivity contribution in [3.8, 4) is 17.2 Å². The van der Waals surface area contributed by atoms with Gasteiger partial charge in [0.1, 0.15) is 5.76 Å². The summed E-state index contributed by atoms with van der Waals surface area (Å²) >= 11 is 0. The zero-order valence-electron chi connectivity index (χ0n) is 15.9. The third kappa shape index (κ3) is 4.70. The first-order valence-corrected chi connectivity index (χ1v) is 8.25. The molecule has 1 amide bonds. The van der Waals surface area contributed by atoms with Crippen molar-refractivity contribution in [2.45, 2.75) is 12.5 Å². The second kappa shape index (κ2) is 9.15. The molecule has 0 radical (unpaired) electrons. The zero-order chi connectivity index (χ0) is 19.1. The summed E-state index contributed by atoms with van der Waals surface area (Å²) in [4.78, 5) is 14.4. The summed E-state index contributed by atoms with van der Waals surface area (Å²) < 4.78 is 21.4. The highest BCUT2D eigenvalue weighted by Gasteiger charge is 2.19. The minimum atomic E-state index is -0.0994. The highest BCUT2D eigenvalue weighted by Crippen LogP contribution is 2.38. The van der Waals surface area contributed by atoms with E-state index in [1.165, 1.54) is 0 Å². The summed E-state index contributed by atoms with van der Waals surface area (Å²) in [5.41, 5.74) is 0.774. The lowest BCUT2D eigenvalue weighted by molar-refractivity contribution is -0.120. The fraction of sp³-hybridized carbons (Fsp3) is 0.421. The van der Waals surface area contributed by atoms with Gasteiger partial charge in [0, 0.05) is 6.54 Å². The third-order valence-electron chi connectivity index (χ3n) is 4.08. The summed E-state index contributed by atoms with van der Waals surface area (Å²) in [6, 6.07) is 7.25. The van der Waals surface area contributed by atoms with E-state index in [1.807, 2.05) is 31.1 Å². The quantitative estimate of drug-likeness (QED) is 0.738. The van der Waals surface area contributed by atoms with Crippen molar-refractivity contribution < 1.29 is 23.4 Å². The molecule has 1 heterocycles. The van der Waals surface area contributed by atoms with Crippen molar-refractivity contribution in [1.29, 1.82) is 0 Å². The third-order valence-corrected chi connectivity index (χ3v) is 4.08. The van der Waals surface area contributed by atoms with Gasteiger partial charge in [-0.15, -0.1) is 0 Å². The Morgan fingerprint density at radius 1 is 1.15 bits per heavy atom. The molecule has 142 valence electrons. The van der Waals surface area contributed by atoms with E-state index in [4.69, 9.17) is 18.6 Å². The molecule has 1 N–H and O–H groups in total. The standard InChI is InChI=1S/C19H26N2O5/c1-21(2)14(15-7-6-8-26-15)12-20-18(22)11-13-9-16(23-3)19(25-5)17(10-13)24-4/h6-10,14H,11-12H2,1-5H3,(H,20,22). The zero-order valence-corrected chi connectivity index (χ0v) is 15.9. The van der Waals surface area contributed by atoms with Gasteiger partial charge < -0.3 is 23.9 Å². The van der Waals surface area contributed by atoms with Crippen LogP contribution in [-0.2, 0) is 11.2 Å². The first-order valence-electron chi connectivity index (χ1n) is 8.25. The second-order valence-electron chi connectivity index (χ2n) is 6.01. The maximum absolute atomic E-state index is 12.4. The molecule has 2 aromatic rings. The Kier molecular flexibility index (Phi) is 6.91. The minimum Gasteiger partial charge on any atom is -0.493 e. The first-order chi connectivity index (χ1) is 12.5. The van der Waals surface area contributed by atoms with E-state index in [1.54, 1.807) is 39.7 Å². The van der Waals surface area contributed by atoms with Gasteiger partial charge in [-0.05, 0) is 43.9 Å². The second-order valence-corrected chi connectivity index (χ2v) is 6.01. The van der Waals surface area contributed by atoms with Crippen LogP contribution in [0.15, 0.2) is 34.9 Å². The molecule has 0 aliphatic carbocycles. The molecular formula is C19H26N2O5. The maximum atomic E-state index is 12.4. The van der Waals surface area contributed by atoms with E-state index >= 15 is 0 Å². The molecule has 0 spiro atoms. The lowest BCUT2D eigenvalue weighted by atomic mass is 10.1. The average Bonchev–Trinajstić information content (AvgIpc) is 3.14. The van der Waals surface area contributed by atoms with Crippen LogP contribution >= 0.6 is 0 Å². The monoisotopic (exact) mass is 362 g/mol. The molecule has 1 unspecified atom stereocenters. The van der Waals surface area contributed by atoms with E-state index < -0.39 is 0 Å². The Labute approximate surface area is 153 Å². The van der Waals surface area contributed by atoms with Gasteiger partial charge >= 0.3 is 0 Å². The summed E-state index contributed by atoms with van der Waals surface area (Å²) in [7, 11) is 8.53. The topological polar surface area (TPSA) is 73.2 Å². The average molecular weight is 362 g/mol. The number of furan rings is 1. The number of methoxy groups -OCH3 is 3. The largest absolute Gasteiger partial charge is 0.493 e. The van der Waals surface area contributed by atoms with E-state index in [0.717, 1.165) is 11.3 Å². The Bertz CT molecular complexity index is 688. The van der Waals surface area contributed by atoms with Crippen molar-refractivity contribution >= 4 is 5.91 Å². The van der Waals surface area contributed by atoms with Crippen molar-refractivity contribution in [3.05, 3.63) is 41.9 Å². The van der Waals surface area contributed by atoms with E-state index in [9.17, 15) is 4.79 Å². The molecule has 0 bridgehead atoms. The minimum absolute atomic E-state index is 0.0334. The molecule has 0 aliphatic heterocycles. The summed E-state index contributed by atoms with van der Waals surface area (Å²) in [5, 5.41) is 2.95. The molecule has 0 aliphatic rings. The van der Waals surface area contributed by atoms with Gasteiger partial charge in [0.25, 0.3) is 0 Å². The number of hydrogen-bond acceptors (Lipinski definition) is 6. The highest BCUT2D eigenvalue weighted by molar-refractivity contribution is 5.79. The normalized spacial score (nSPS) is 11.9. The number of carbonyl (C=O) groups is 1. The van der Waals surface area contributed by atoms with E-state index in [0.29, 0.717) is 23.8 Å². The molecule has 2 rings (SSSR count). The number of benzene rings is 1. The number of amides is 1. The SMILES string of the molecule is COc1cc(CC(=O)NCC(c2ccco2)N(C)C)cc(OC)c1OC. The summed E-state index contributed by atoms with van der Waals surface area (Å²) in [6.07, 6.45) is 1.83. The van der Waals surface area contributed by atoms with Crippen LogP contribution < -0.4 is 19.5 Å². The maximum Gasteiger partial charge on any atom is 0.224 e. The number of likely N-dealkylation sites (N-methyl/N-ethyl adjacent to an activating group) is 1. The Hall–Kier alpha value is -2.67. The van der Waals surface area contributed by atoms with Crippen LogP contribution in [0, 0.1) is 0 Å². The molecule has 0 saturated heterocycles. The van der Waals surface area contributed by atoms with Crippen molar-refractivity contribution in [3.63, 3.8) is 0 Å². The molecular weight excluding hydrogens is 336 g/mol. The summed E-state index contributed by atoms with van der Waals surface area (Å²) in [5.74, 6) is 2.26. The van der Waals surface area contributed by atoms with Crippen LogP contribution in [0.3, 0.4) is 0 Å². The van der Waals surface area contributed by atoms with Gasteiger partial charge in [0.2, 0.25) is 11.7 Å². The Morgan fingerprint density at radius 2 is 1.81 bits per heavy atom. The predicted molar refractivity (Wildman–Crippen MR) is 97.9 cm³/mol. The van der Waals surface area contributed by atoms with E-state index in [-0.39, 0.29) is 18.4 Å². The molecule has 1 atom stereocenters. The smallest absolute Gasteiger partial charge is 0.224 e.